The van der Waals surface area contributed by atoms with Crippen molar-refractivity contribution in [2.45, 2.75) is 25.8 Å². The van der Waals surface area contributed by atoms with Crippen LogP contribution in [0.3, 0.4) is 0 Å². The topological polar surface area (TPSA) is 68.1 Å². The minimum Gasteiger partial charge on any atom is -0.311 e. The first-order chi connectivity index (χ1) is 7.96. The highest BCUT2D eigenvalue weighted by Gasteiger charge is 2.19. The highest BCUT2D eigenvalue weighted by Crippen LogP contribution is 2.22. The largest absolute Gasteiger partial charge is 0.311 e. The molecule has 1 unspecified atom stereocenters. The molecule has 5 heteroatoms. The van der Waals surface area contributed by atoms with Crippen LogP contribution in [-0.4, -0.2) is 27.3 Å². The van der Waals surface area contributed by atoms with Crippen molar-refractivity contribution in [1.82, 2.24) is 5.32 Å². The lowest BCUT2D eigenvalue weighted by Gasteiger charge is -2.11. The molecule has 0 aromatic heterocycles. The second kappa shape index (κ2) is 4.66. The summed E-state index contributed by atoms with van der Waals surface area (Å²) in [5.41, 5.74) is 2.93. The highest BCUT2D eigenvalue weighted by molar-refractivity contribution is 7.92. The number of hydrogen-bond acceptors (Lipinski definition) is 3. The van der Waals surface area contributed by atoms with Gasteiger partial charge in [0.2, 0.25) is 10.0 Å². The Kier molecular flexibility index (Phi) is 3.40. The lowest BCUT2D eigenvalue weighted by molar-refractivity contribution is 0.606. The van der Waals surface area contributed by atoms with Crippen LogP contribution in [0.1, 0.15) is 17.5 Å². The Bertz CT molecular complexity index is 507. The summed E-state index contributed by atoms with van der Waals surface area (Å²) in [4.78, 5) is 0. The van der Waals surface area contributed by atoms with Gasteiger partial charge >= 0.3 is 0 Å². The molecule has 2 rings (SSSR count). The van der Waals surface area contributed by atoms with Crippen molar-refractivity contribution in [3.8, 4) is 0 Å². The Balaban J connectivity index is 2.13. The zero-order chi connectivity index (χ0) is 12.5. The van der Waals surface area contributed by atoms with Crippen molar-refractivity contribution in [3.05, 3.63) is 29.3 Å². The highest BCUT2D eigenvalue weighted by atomic mass is 32.2. The van der Waals surface area contributed by atoms with Gasteiger partial charge in [-0.25, -0.2) is 8.42 Å². The van der Waals surface area contributed by atoms with Crippen LogP contribution in [-0.2, 0) is 16.4 Å². The second-order valence-electron chi connectivity index (χ2n) is 4.61. The summed E-state index contributed by atoms with van der Waals surface area (Å²) in [5.74, 6) is 0. The second-order valence-corrected chi connectivity index (χ2v) is 6.36. The van der Waals surface area contributed by atoms with Gasteiger partial charge in [0.25, 0.3) is 0 Å². The third kappa shape index (κ3) is 3.71. The molecule has 17 heavy (non-hydrogen) atoms. The van der Waals surface area contributed by atoms with E-state index < -0.39 is 10.0 Å². The van der Waals surface area contributed by atoms with E-state index in [9.17, 15) is 8.42 Å². The van der Waals surface area contributed by atoms with Crippen LogP contribution in [0.15, 0.2) is 18.2 Å². The van der Waals surface area contributed by atoms with Crippen LogP contribution < -0.4 is 10.0 Å². The van der Waals surface area contributed by atoms with Gasteiger partial charge in [-0.3, -0.25) is 4.72 Å². The molecule has 1 saturated heterocycles. The molecule has 0 bridgehead atoms. The predicted molar refractivity (Wildman–Crippen MR) is 69.8 cm³/mol. The summed E-state index contributed by atoms with van der Waals surface area (Å²) in [6, 6.07) is 6.41. The summed E-state index contributed by atoms with van der Waals surface area (Å²) in [6.07, 6.45) is 3.28. The minimum absolute atomic E-state index is 0.654. The summed E-state index contributed by atoms with van der Waals surface area (Å²) in [6.45, 7) is 3.07. The maximum absolute atomic E-state index is 11.2. The Labute approximate surface area is 102 Å². The number of anilines is 1. The summed E-state index contributed by atoms with van der Waals surface area (Å²) >= 11 is 0. The van der Waals surface area contributed by atoms with Crippen LogP contribution in [0.4, 0.5) is 5.69 Å². The van der Waals surface area contributed by atoms with Gasteiger partial charge in [0.05, 0.1) is 11.9 Å². The predicted octanol–water partition coefficient (Wildman–Crippen LogP) is 1.27. The molecule has 0 spiro atoms. The van der Waals surface area contributed by atoms with E-state index in [-0.39, 0.29) is 0 Å². The maximum atomic E-state index is 11.2. The Hall–Kier alpha value is -1.07. The van der Waals surface area contributed by atoms with E-state index in [1.807, 2.05) is 13.0 Å². The molecule has 1 aromatic carbocycles. The van der Waals surface area contributed by atoms with Crippen molar-refractivity contribution in [2.24, 2.45) is 0 Å². The zero-order valence-electron chi connectivity index (χ0n) is 10.2. The Morgan fingerprint density at radius 2 is 2.18 bits per heavy atom. The minimum atomic E-state index is -3.20. The van der Waals surface area contributed by atoms with Crippen LogP contribution in [0.2, 0.25) is 0 Å². The molecule has 4 nitrogen and oxygen atoms in total. The number of hydrogen-bond donors (Lipinski definition) is 2. The smallest absolute Gasteiger partial charge is 0.229 e. The lowest BCUT2D eigenvalue weighted by Crippen LogP contribution is -2.11. The van der Waals surface area contributed by atoms with E-state index in [0.717, 1.165) is 24.9 Å². The fourth-order valence-corrected chi connectivity index (χ4v) is 2.50. The summed E-state index contributed by atoms with van der Waals surface area (Å²) < 4.78 is 25.0. The van der Waals surface area contributed by atoms with Gasteiger partial charge in [0.15, 0.2) is 0 Å². The SMILES string of the molecule is Cc1c(CCC2CN2)cccc1NS(C)(=O)=O. The van der Waals surface area contributed by atoms with Crippen LogP contribution in [0, 0.1) is 6.92 Å². The van der Waals surface area contributed by atoms with Crippen molar-refractivity contribution in [2.75, 3.05) is 17.5 Å². The zero-order valence-corrected chi connectivity index (χ0v) is 11.0. The molecular formula is C12H18N2O2S. The van der Waals surface area contributed by atoms with Crippen LogP contribution in [0.5, 0.6) is 0 Å². The molecule has 94 valence electrons. The fourth-order valence-electron chi connectivity index (χ4n) is 1.88. The van der Waals surface area contributed by atoms with Gasteiger partial charge in [-0.1, -0.05) is 12.1 Å². The van der Waals surface area contributed by atoms with Crippen molar-refractivity contribution in [3.63, 3.8) is 0 Å². The Morgan fingerprint density at radius 3 is 2.76 bits per heavy atom. The van der Waals surface area contributed by atoms with Gasteiger partial charge in [-0.15, -0.1) is 0 Å². The van der Waals surface area contributed by atoms with E-state index in [2.05, 4.69) is 16.1 Å². The lowest BCUT2D eigenvalue weighted by atomic mass is 10.0. The van der Waals surface area contributed by atoms with Gasteiger partial charge in [0, 0.05) is 12.6 Å². The average molecular weight is 254 g/mol. The first kappa shape index (κ1) is 12.4. The molecule has 1 aliphatic heterocycles. The first-order valence-corrected chi connectivity index (χ1v) is 7.64. The van der Waals surface area contributed by atoms with Crippen molar-refractivity contribution >= 4 is 15.7 Å². The van der Waals surface area contributed by atoms with Gasteiger partial charge in [0.1, 0.15) is 0 Å². The molecule has 1 aromatic rings. The third-order valence-electron chi connectivity index (χ3n) is 3.00. The molecule has 1 atom stereocenters. The quantitative estimate of drug-likeness (QED) is 0.778. The van der Waals surface area contributed by atoms with E-state index in [1.54, 1.807) is 6.07 Å². The number of benzene rings is 1. The van der Waals surface area contributed by atoms with E-state index in [4.69, 9.17) is 0 Å². The first-order valence-electron chi connectivity index (χ1n) is 5.75. The molecule has 2 N–H and O–H groups in total. The standard InChI is InChI=1S/C12H18N2O2S/c1-9-10(6-7-11-8-13-11)4-3-5-12(9)14-17(2,15)16/h3-5,11,13-14H,6-8H2,1-2H3. The molecule has 0 radical (unpaired) electrons. The number of sulfonamides is 1. The van der Waals surface area contributed by atoms with Crippen molar-refractivity contribution in [1.29, 1.82) is 0 Å². The summed E-state index contributed by atoms with van der Waals surface area (Å²) in [5, 5.41) is 3.27. The van der Waals surface area contributed by atoms with Crippen molar-refractivity contribution < 1.29 is 8.42 Å². The Morgan fingerprint density at radius 1 is 1.47 bits per heavy atom. The van der Waals surface area contributed by atoms with E-state index >= 15 is 0 Å². The normalized spacial score (nSPS) is 19.1. The number of aryl methyl sites for hydroxylation is 1. The molecule has 1 heterocycles. The molecule has 1 fully saturated rings. The molecule has 1 aliphatic rings. The van der Waals surface area contributed by atoms with Crippen LogP contribution >= 0.6 is 0 Å². The van der Waals surface area contributed by atoms with E-state index in [1.165, 1.54) is 11.8 Å². The molecule has 0 aliphatic carbocycles. The van der Waals surface area contributed by atoms with Gasteiger partial charge in [-0.05, 0) is 37.0 Å². The van der Waals surface area contributed by atoms with Gasteiger partial charge in [-0.2, -0.15) is 0 Å². The fraction of sp³-hybridized carbons (Fsp3) is 0.500. The number of nitrogens with one attached hydrogen (secondary N) is 2. The van der Waals surface area contributed by atoms with E-state index in [0.29, 0.717) is 11.7 Å². The number of rotatable bonds is 5. The summed E-state index contributed by atoms with van der Waals surface area (Å²) in [7, 11) is -3.20. The average Bonchev–Trinajstić information content (AvgIpc) is 3.01. The molecule has 0 amide bonds. The maximum Gasteiger partial charge on any atom is 0.229 e. The van der Waals surface area contributed by atoms with Gasteiger partial charge < -0.3 is 5.32 Å². The molecule has 0 saturated carbocycles. The monoisotopic (exact) mass is 254 g/mol. The third-order valence-corrected chi connectivity index (χ3v) is 3.59. The molecular weight excluding hydrogens is 236 g/mol. The van der Waals surface area contributed by atoms with Crippen LogP contribution in [0.25, 0.3) is 0 Å².